The van der Waals surface area contributed by atoms with Crippen LogP contribution < -0.4 is 10.6 Å². The van der Waals surface area contributed by atoms with Crippen LogP contribution in [0.2, 0.25) is 0 Å². The van der Waals surface area contributed by atoms with Gasteiger partial charge in [0, 0.05) is 43.5 Å². The van der Waals surface area contributed by atoms with Crippen LogP contribution >= 0.6 is 11.3 Å². The number of nitrogens with one attached hydrogen (secondary N) is 2. The Morgan fingerprint density at radius 1 is 1.19 bits per heavy atom. The number of thiazole rings is 1. The Morgan fingerprint density at radius 2 is 2.03 bits per heavy atom. The molecule has 3 aromatic rings. The zero-order chi connectivity index (χ0) is 22.5. The van der Waals surface area contributed by atoms with E-state index in [1.165, 1.54) is 17.4 Å². The third-order valence-electron chi connectivity index (χ3n) is 5.38. The van der Waals surface area contributed by atoms with Gasteiger partial charge in [-0.15, -0.1) is 11.3 Å². The number of carbonyl (C=O) groups is 2. The summed E-state index contributed by atoms with van der Waals surface area (Å²) in [5.74, 6) is -0.0240. The minimum atomic E-state index is -0.340. The minimum absolute atomic E-state index is 0.197. The molecule has 1 aromatic heterocycles. The van der Waals surface area contributed by atoms with Crippen LogP contribution in [-0.4, -0.2) is 28.4 Å². The van der Waals surface area contributed by atoms with E-state index in [0.29, 0.717) is 36.6 Å². The van der Waals surface area contributed by atoms with E-state index < -0.39 is 0 Å². The average Bonchev–Trinajstić information content (AvgIpc) is 3.38. The number of rotatable bonds is 7. The third-order valence-corrected chi connectivity index (χ3v) is 6.29. The monoisotopic (exact) mass is 452 g/mol. The maximum absolute atomic E-state index is 13.7. The Bertz CT molecular complexity index is 1130. The molecule has 1 fully saturated rings. The van der Waals surface area contributed by atoms with Crippen molar-refractivity contribution in [3.63, 3.8) is 0 Å². The van der Waals surface area contributed by atoms with Gasteiger partial charge in [-0.05, 0) is 41.7 Å². The van der Waals surface area contributed by atoms with Crippen LogP contribution in [0.15, 0.2) is 48.7 Å². The number of halogens is 1. The molecule has 166 valence electrons. The molecular weight excluding hydrogens is 427 g/mol. The molecule has 3 amide bonds. The number of hydrogen-bond donors (Lipinski definition) is 2. The lowest BCUT2D eigenvalue weighted by Crippen LogP contribution is -2.28. The molecule has 1 saturated heterocycles. The Hall–Kier alpha value is -3.26. The van der Waals surface area contributed by atoms with Crippen molar-refractivity contribution >= 4 is 28.4 Å². The van der Waals surface area contributed by atoms with E-state index in [9.17, 15) is 14.0 Å². The van der Waals surface area contributed by atoms with Gasteiger partial charge in [0.25, 0.3) is 0 Å². The van der Waals surface area contributed by atoms with E-state index in [2.05, 4.69) is 15.6 Å². The summed E-state index contributed by atoms with van der Waals surface area (Å²) in [5, 5.41) is 6.08. The number of benzene rings is 2. The fourth-order valence-corrected chi connectivity index (χ4v) is 4.49. The fourth-order valence-electron chi connectivity index (χ4n) is 3.65. The van der Waals surface area contributed by atoms with E-state index in [1.54, 1.807) is 19.2 Å². The van der Waals surface area contributed by atoms with E-state index in [1.807, 2.05) is 35.2 Å². The summed E-state index contributed by atoms with van der Waals surface area (Å²) < 4.78 is 13.7. The van der Waals surface area contributed by atoms with Gasteiger partial charge in [0.05, 0.1) is 0 Å². The summed E-state index contributed by atoms with van der Waals surface area (Å²) in [6, 6.07) is 12.7. The maximum atomic E-state index is 13.7. The molecule has 0 unspecified atom stereocenters. The van der Waals surface area contributed by atoms with Gasteiger partial charge in [-0.3, -0.25) is 10.1 Å². The van der Waals surface area contributed by atoms with Crippen LogP contribution in [0.1, 0.15) is 40.0 Å². The first-order valence-electron chi connectivity index (χ1n) is 10.6. The lowest BCUT2D eigenvalue weighted by atomic mass is 10.1. The Labute approximate surface area is 190 Å². The Morgan fingerprint density at radius 3 is 2.81 bits per heavy atom. The van der Waals surface area contributed by atoms with Crippen molar-refractivity contribution in [2.45, 2.75) is 39.3 Å². The van der Waals surface area contributed by atoms with Gasteiger partial charge in [-0.1, -0.05) is 36.4 Å². The van der Waals surface area contributed by atoms with Gasteiger partial charge in [-0.2, -0.15) is 0 Å². The molecule has 1 aliphatic heterocycles. The molecule has 1 aliphatic rings. The largest absolute Gasteiger partial charge is 0.338 e. The number of nitrogens with zero attached hydrogens (tertiary/aromatic N) is 2. The van der Waals surface area contributed by atoms with Crippen LogP contribution in [-0.2, 0) is 24.3 Å². The molecule has 2 aromatic carbocycles. The molecule has 0 atom stereocenters. The van der Waals surface area contributed by atoms with Crippen LogP contribution in [0.25, 0.3) is 0 Å². The standard InChI is InChI=1S/C24H25FN4O2S/c1-16-7-8-17(12-21(16)25)11-20-14-27-24(32-20)28-23(31)26-13-18-4-2-5-19(10-18)15-29-9-3-6-22(29)30/h2,4-5,7-8,10,12,14H,3,6,9,11,13,15H2,1H3,(H2,26,27,28,31). The quantitative estimate of drug-likeness (QED) is 0.549. The van der Waals surface area contributed by atoms with Crippen molar-refractivity contribution in [3.8, 4) is 0 Å². The molecule has 2 heterocycles. The number of aryl methyl sites for hydroxylation is 1. The van der Waals surface area contributed by atoms with Crippen molar-refractivity contribution in [2.24, 2.45) is 0 Å². The predicted molar refractivity (Wildman–Crippen MR) is 123 cm³/mol. The van der Waals surface area contributed by atoms with Crippen molar-refractivity contribution in [1.82, 2.24) is 15.2 Å². The second-order valence-corrected chi connectivity index (χ2v) is 9.05. The highest BCUT2D eigenvalue weighted by Gasteiger charge is 2.20. The molecule has 32 heavy (non-hydrogen) atoms. The van der Waals surface area contributed by atoms with Gasteiger partial charge in [0.1, 0.15) is 5.82 Å². The van der Waals surface area contributed by atoms with Gasteiger partial charge >= 0.3 is 6.03 Å². The second-order valence-electron chi connectivity index (χ2n) is 7.94. The molecule has 0 spiro atoms. The number of likely N-dealkylation sites (tertiary alicyclic amines) is 1. The molecule has 2 N–H and O–H groups in total. The molecule has 4 rings (SSSR count). The van der Waals surface area contributed by atoms with Crippen molar-refractivity contribution < 1.29 is 14.0 Å². The highest BCUT2D eigenvalue weighted by molar-refractivity contribution is 7.15. The number of anilines is 1. The first-order chi connectivity index (χ1) is 15.5. The van der Waals surface area contributed by atoms with Gasteiger partial charge in [0.15, 0.2) is 5.13 Å². The topological polar surface area (TPSA) is 74.3 Å². The second kappa shape index (κ2) is 9.91. The summed E-state index contributed by atoms with van der Waals surface area (Å²) in [7, 11) is 0. The van der Waals surface area contributed by atoms with Crippen LogP contribution in [0.4, 0.5) is 14.3 Å². The summed E-state index contributed by atoms with van der Waals surface area (Å²) in [6.07, 6.45) is 3.80. The minimum Gasteiger partial charge on any atom is -0.338 e. The molecular formula is C24H25FN4O2S. The number of amides is 3. The summed E-state index contributed by atoms with van der Waals surface area (Å²) >= 11 is 1.37. The van der Waals surface area contributed by atoms with Gasteiger partial charge < -0.3 is 10.2 Å². The molecule has 0 aliphatic carbocycles. The Kier molecular flexibility index (Phi) is 6.80. The lowest BCUT2D eigenvalue weighted by Gasteiger charge is -2.16. The zero-order valence-corrected chi connectivity index (χ0v) is 18.7. The average molecular weight is 453 g/mol. The van der Waals surface area contributed by atoms with E-state index in [0.717, 1.165) is 34.5 Å². The predicted octanol–water partition coefficient (Wildman–Crippen LogP) is 4.63. The lowest BCUT2D eigenvalue weighted by molar-refractivity contribution is -0.128. The molecule has 6 nitrogen and oxygen atoms in total. The van der Waals surface area contributed by atoms with Crippen LogP contribution in [0.5, 0.6) is 0 Å². The van der Waals surface area contributed by atoms with Gasteiger partial charge in [-0.25, -0.2) is 14.2 Å². The highest BCUT2D eigenvalue weighted by atomic mass is 32.1. The maximum Gasteiger partial charge on any atom is 0.321 e. The van der Waals surface area contributed by atoms with Crippen molar-refractivity contribution in [1.29, 1.82) is 0 Å². The number of aromatic nitrogens is 1. The van der Waals surface area contributed by atoms with Crippen molar-refractivity contribution in [3.05, 3.63) is 81.6 Å². The zero-order valence-electron chi connectivity index (χ0n) is 17.9. The first-order valence-corrected chi connectivity index (χ1v) is 11.4. The van der Waals surface area contributed by atoms with E-state index in [-0.39, 0.29) is 17.8 Å². The summed E-state index contributed by atoms with van der Waals surface area (Å²) in [4.78, 5) is 31.2. The first kappa shape index (κ1) is 22.0. The summed E-state index contributed by atoms with van der Waals surface area (Å²) in [5.41, 5.74) is 3.50. The molecule has 0 bridgehead atoms. The number of urea groups is 1. The Balaban J connectivity index is 1.27. The molecule has 8 heteroatoms. The van der Waals surface area contributed by atoms with Crippen LogP contribution in [0.3, 0.4) is 0 Å². The van der Waals surface area contributed by atoms with Crippen molar-refractivity contribution in [2.75, 3.05) is 11.9 Å². The number of carbonyl (C=O) groups excluding carboxylic acids is 2. The van der Waals surface area contributed by atoms with Gasteiger partial charge in [0.2, 0.25) is 5.91 Å². The van der Waals surface area contributed by atoms with E-state index in [4.69, 9.17) is 0 Å². The normalized spacial score (nSPS) is 13.4. The SMILES string of the molecule is Cc1ccc(Cc2cnc(NC(=O)NCc3cccc(CN4CCCC4=O)c3)s2)cc1F. The fraction of sp³-hybridized carbons (Fsp3) is 0.292. The molecule has 0 saturated carbocycles. The third kappa shape index (κ3) is 5.70. The van der Waals surface area contributed by atoms with E-state index >= 15 is 0 Å². The smallest absolute Gasteiger partial charge is 0.321 e. The number of hydrogen-bond acceptors (Lipinski definition) is 4. The highest BCUT2D eigenvalue weighted by Crippen LogP contribution is 2.22. The molecule has 0 radical (unpaired) electrons. The van der Waals surface area contributed by atoms with Crippen LogP contribution in [0, 0.1) is 12.7 Å². The summed E-state index contributed by atoms with van der Waals surface area (Å²) in [6.45, 7) is 3.51.